The van der Waals surface area contributed by atoms with Gasteiger partial charge in [-0.05, 0) is 60.2 Å². The van der Waals surface area contributed by atoms with E-state index in [2.05, 4.69) is 0 Å². The van der Waals surface area contributed by atoms with Crippen molar-refractivity contribution in [1.82, 2.24) is 4.90 Å². The minimum Gasteiger partial charge on any atom is -0.497 e. The van der Waals surface area contributed by atoms with Gasteiger partial charge in [0.05, 0.1) is 30.9 Å². The molecule has 1 heterocycles. The van der Waals surface area contributed by atoms with Crippen molar-refractivity contribution in [1.29, 1.82) is 5.26 Å². The van der Waals surface area contributed by atoms with Crippen molar-refractivity contribution in [2.75, 3.05) is 12.0 Å². The standard InChI is InChI=1S/C26H20FN3O4/c1-34-22-4-2-3-19(13-22)25(32)29(16-18-5-9-20(27)10-6-18)23-14-24(31)30(26(23)33)21-11-7-17(15-28)8-12-21/h2-13,23H,14,16H2,1H3. The van der Waals surface area contributed by atoms with E-state index in [4.69, 9.17) is 10.00 Å². The number of benzene rings is 3. The number of nitriles is 1. The number of methoxy groups -OCH3 is 1. The van der Waals surface area contributed by atoms with Crippen LogP contribution in [0.3, 0.4) is 0 Å². The number of amides is 3. The third-order valence-corrected chi connectivity index (χ3v) is 5.60. The Hall–Kier alpha value is -4.51. The molecule has 0 bridgehead atoms. The van der Waals surface area contributed by atoms with E-state index in [-0.39, 0.29) is 13.0 Å². The first-order valence-electron chi connectivity index (χ1n) is 10.5. The average molecular weight is 457 g/mol. The molecule has 1 unspecified atom stereocenters. The predicted octanol–water partition coefficient (Wildman–Crippen LogP) is 3.68. The molecule has 0 N–H and O–H groups in total. The highest BCUT2D eigenvalue weighted by atomic mass is 19.1. The molecule has 1 atom stereocenters. The molecule has 8 heteroatoms. The third-order valence-electron chi connectivity index (χ3n) is 5.60. The zero-order valence-corrected chi connectivity index (χ0v) is 18.3. The van der Waals surface area contributed by atoms with Gasteiger partial charge in [-0.2, -0.15) is 5.26 Å². The molecule has 1 aliphatic heterocycles. The lowest BCUT2D eigenvalue weighted by molar-refractivity contribution is -0.122. The van der Waals surface area contributed by atoms with Crippen molar-refractivity contribution in [3.05, 3.63) is 95.3 Å². The summed E-state index contributed by atoms with van der Waals surface area (Å²) < 4.78 is 18.6. The Bertz CT molecular complexity index is 1280. The van der Waals surface area contributed by atoms with Crippen LogP contribution in [-0.4, -0.2) is 35.8 Å². The highest BCUT2D eigenvalue weighted by molar-refractivity contribution is 6.23. The molecule has 3 amide bonds. The first-order valence-corrected chi connectivity index (χ1v) is 10.5. The quantitative estimate of drug-likeness (QED) is 0.527. The van der Waals surface area contributed by atoms with Gasteiger partial charge in [0.1, 0.15) is 17.6 Å². The van der Waals surface area contributed by atoms with Gasteiger partial charge in [0, 0.05) is 12.1 Å². The summed E-state index contributed by atoms with van der Waals surface area (Å²) in [4.78, 5) is 42.1. The molecule has 0 radical (unpaired) electrons. The van der Waals surface area contributed by atoms with E-state index in [1.807, 2.05) is 6.07 Å². The first-order chi connectivity index (χ1) is 16.4. The molecule has 1 aliphatic rings. The Morgan fingerprint density at radius 2 is 1.82 bits per heavy atom. The van der Waals surface area contributed by atoms with Gasteiger partial charge in [0.15, 0.2) is 0 Å². The number of hydrogen-bond donors (Lipinski definition) is 0. The maximum Gasteiger partial charge on any atom is 0.257 e. The van der Waals surface area contributed by atoms with Crippen LogP contribution in [0.1, 0.15) is 27.9 Å². The Morgan fingerprint density at radius 3 is 2.47 bits per heavy atom. The lowest BCUT2D eigenvalue weighted by Gasteiger charge is -2.28. The zero-order valence-electron chi connectivity index (χ0n) is 18.3. The third kappa shape index (κ3) is 4.50. The normalized spacial score (nSPS) is 15.2. The number of rotatable bonds is 6. The van der Waals surface area contributed by atoms with E-state index in [1.54, 1.807) is 24.3 Å². The SMILES string of the molecule is COc1cccc(C(=O)N(Cc2ccc(F)cc2)C2CC(=O)N(c3ccc(C#N)cc3)C2=O)c1. The van der Waals surface area contributed by atoms with Gasteiger partial charge in [0.25, 0.3) is 11.8 Å². The molecular formula is C26H20FN3O4. The summed E-state index contributed by atoms with van der Waals surface area (Å²) in [5.74, 6) is -1.42. The maximum absolute atomic E-state index is 13.5. The van der Waals surface area contributed by atoms with Gasteiger partial charge in [0.2, 0.25) is 5.91 Å². The highest BCUT2D eigenvalue weighted by Gasteiger charge is 2.44. The second kappa shape index (κ2) is 9.55. The van der Waals surface area contributed by atoms with E-state index in [0.717, 1.165) is 4.90 Å². The molecule has 0 aliphatic carbocycles. The van der Waals surface area contributed by atoms with Gasteiger partial charge in [-0.1, -0.05) is 18.2 Å². The van der Waals surface area contributed by atoms with E-state index in [0.29, 0.717) is 28.1 Å². The van der Waals surface area contributed by atoms with Gasteiger partial charge >= 0.3 is 0 Å². The summed E-state index contributed by atoms with van der Waals surface area (Å²) in [6.07, 6.45) is -0.199. The molecule has 0 saturated carbocycles. The Morgan fingerprint density at radius 1 is 1.12 bits per heavy atom. The van der Waals surface area contributed by atoms with Gasteiger partial charge < -0.3 is 9.64 Å². The zero-order chi connectivity index (χ0) is 24.2. The van der Waals surface area contributed by atoms with Crippen molar-refractivity contribution < 1.29 is 23.5 Å². The molecule has 3 aromatic carbocycles. The Balaban J connectivity index is 1.69. The minimum atomic E-state index is -1.05. The average Bonchev–Trinajstić information content (AvgIpc) is 3.16. The summed E-state index contributed by atoms with van der Waals surface area (Å²) in [7, 11) is 1.48. The van der Waals surface area contributed by atoms with Crippen LogP contribution in [0.5, 0.6) is 5.75 Å². The van der Waals surface area contributed by atoms with E-state index in [9.17, 15) is 18.8 Å². The van der Waals surface area contributed by atoms with Crippen LogP contribution in [0.15, 0.2) is 72.8 Å². The summed E-state index contributed by atoms with van der Waals surface area (Å²) in [5, 5.41) is 9.00. The van der Waals surface area contributed by atoms with Crippen LogP contribution in [-0.2, 0) is 16.1 Å². The number of hydrogen-bond acceptors (Lipinski definition) is 5. The summed E-state index contributed by atoms with van der Waals surface area (Å²) >= 11 is 0. The molecule has 1 saturated heterocycles. The Labute approximate surface area is 195 Å². The first kappa shape index (κ1) is 22.7. The number of nitrogens with zero attached hydrogens (tertiary/aromatic N) is 3. The minimum absolute atomic E-state index is 0.00121. The molecular weight excluding hydrogens is 437 g/mol. The fraction of sp³-hybridized carbons (Fsp3) is 0.154. The Kier molecular flexibility index (Phi) is 6.37. The number of anilines is 1. The van der Waals surface area contributed by atoms with Crippen LogP contribution >= 0.6 is 0 Å². The van der Waals surface area contributed by atoms with Crippen LogP contribution in [0.2, 0.25) is 0 Å². The number of halogens is 1. The van der Waals surface area contributed by atoms with Crippen LogP contribution < -0.4 is 9.64 Å². The van der Waals surface area contributed by atoms with Crippen molar-refractivity contribution in [3.63, 3.8) is 0 Å². The van der Waals surface area contributed by atoms with Crippen LogP contribution in [0, 0.1) is 17.1 Å². The lowest BCUT2D eigenvalue weighted by Crippen LogP contribution is -2.45. The fourth-order valence-corrected chi connectivity index (χ4v) is 3.85. The number of carbonyl (C=O) groups is 3. The van der Waals surface area contributed by atoms with Gasteiger partial charge in [-0.3, -0.25) is 14.4 Å². The number of carbonyl (C=O) groups excluding carboxylic acids is 3. The highest BCUT2D eigenvalue weighted by Crippen LogP contribution is 2.28. The van der Waals surface area contributed by atoms with Gasteiger partial charge in [-0.25, -0.2) is 9.29 Å². The predicted molar refractivity (Wildman–Crippen MR) is 121 cm³/mol. The molecule has 1 fully saturated rings. The maximum atomic E-state index is 13.5. The molecule has 0 spiro atoms. The monoisotopic (exact) mass is 457 g/mol. The lowest BCUT2D eigenvalue weighted by atomic mass is 10.1. The summed E-state index contributed by atoms with van der Waals surface area (Å²) in [6.45, 7) is 0.00121. The van der Waals surface area contributed by atoms with Crippen LogP contribution in [0.25, 0.3) is 0 Å². The van der Waals surface area contributed by atoms with Crippen LogP contribution in [0.4, 0.5) is 10.1 Å². The second-order valence-electron chi connectivity index (χ2n) is 7.74. The number of ether oxygens (including phenoxy) is 1. The van der Waals surface area contributed by atoms with Crippen molar-refractivity contribution >= 4 is 23.4 Å². The second-order valence-corrected chi connectivity index (χ2v) is 7.74. The smallest absolute Gasteiger partial charge is 0.257 e. The fourth-order valence-electron chi connectivity index (χ4n) is 3.85. The largest absolute Gasteiger partial charge is 0.497 e. The van der Waals surface area contributed by atoms with Gasteiger partial charge in [-0.15, -0.1) is 0 Å². The van der Waals surface area contributed by atoms with E-state index >= 15 is 0 Å². The molecule has 170 valence electrons. The summed E-state index contributed by atoms with van der Waals surface area (Å²) in [6, 6.07) is 19.1. The van der Waals surface area contributed by atoms with Crippen molar-refractivity contribution in [2.45, 2.75) is 19.0 Å². The molecule has 3 aromatic rings. The van der Waals surface area contributed by atoms with Crippen molar-refractivity contribution in [2.24, 2.45) is 0 Å². The number of imide groups is 1. The molecule has 4 rings (SSSR count). The topological polar surface area (TPSA) is 90.7 Å². The van der Waals surface area contributed by atoms with E-state index in [1.165, 1.54) is 60.5 Å². The molecule has 34 heavy (non-hydrogen) atoms. The van der Waals surface area contributed by atoms with E-state index < -0.39 is 29.6 Å². The van der Waals surface area contributed by atoms with Crippen molar-refractivity contribution in [3.8, 4) is 11.8 Å². The molecule has 7 nitrogen and oxygen atoms in total. The molecule has 0 aromatic heterocycles. The summed E-state index contributed by atoms with van der Waals surface area (Å²) in [5.41, 5.74) is 1.62.